The molecule has 0 saturated carbocycles. The molecule has 0 spiro atoms. The minimum atomic E-state index is -0.615. The van der Waals surface area contributed by atoms with Crippen molar-refractivity contribution in [2.45, 2.75) is 0 Å². The number of ether oxygens (including phenoxy) is 1. The quantitative estimate of drug-likeness (QED) is 0.485. The highest BCUT2D eigenvalue weighted by Gasteiger charge is 2.07. The van der Waals surface area contributed by atoms with Crippen LogP contribution in [0, 0.1) is 10.1 Å². The van der Waals surface area contributed by atoms with Crippen molar-refractivity contribution in [3.63, 3.8) is 0 Å². The van der Waals surface area contributed by atoms with Crippen molar-refractivity contribution in [2.75, 3.05) is 5.32 Å². The summed E-state index contributed by atoms with van der Waals surface area (Å²) < 4.78 is 5.22. The van der Waals surface area contributed by atoms with E-state index in [1.807, 2.05) is 0 Å². The molecule has 0 aromatic heterocycles. The molecular formula is C19H13ClN2O4. The SMILES string of the molecule is O=C(Nc1ccc(Cl)cc1)Oc1ccc(-c2ccc([N+](=O)[O-])cc2)cc1. The number of nitrogens with zero attached hydrogens (tertiary/aromatic N) is 1. The number of hydrogen-bond donors (Lipinski definition) is 1. The van der Waals surface area contributed by atoms with E-state index in [1.54, 1.807) is 60.7 Å². The van der Waals surface area contributed by atoms with Gasteiger partial charge in [-0.25, -0.2) is 4.79 Å². The molecule has 7 heteroatoms. The van der Waals surface area contributed by atoms with Crippen LogP contribution in [0.25, 0.3) is 11.1 Å². The Morgan fingerprint density at radius 3 is 1.96 bits per heavy atom. The Morgan fingerprint density at radius 1 is 0.885 bits per heavy atom. The lowest BCUT2D eigenvalue weighted by Gasteiger charge is -2.08. The Kier molecular flexibility index (Phi) is 5.15. The fraction of sp³-hybridized carbons (Fsp3) is 0. The second-order valence-electron chi connectivity index (χ2n) is 5.35. The number of amides is 1. The van der Waals surface area contributed by atoms with E-state index in [1.165, 1.54) is 12.1 Å². The topological polar surface area (TPSA) is 81.5 Å². The van der Waals surface area contributed by atoms with Crippen molar-refractivity contribution in [2.24, 2.45) is 0 Å². The van der Waals surface area contributed by atoms with E-state index in [2.05, 4.69) is 5.32 Å². The number of benzene rings is 3. The molecule has 0 heterocycles. The number of nitrogens with one attached hydrogen (secondary N) is 1. The summed E-state index contributed by atoms with van der Waals surface area (Å²) in [6, 6.07) is 19.7. The van der Waals surface area contributed by atoms with Gasteiger partial charge in [0.05, 0.1) is 4.92 Å². The van der Waals surface area contributed by atoms with E-state index in [0.29, 0.717) is 16.5 Å². The number of carbonyl (C=O) groups is 1. The third-order valence-electron chi connectivity index (χ3n) is 3.57. The lowest BCUT2D eigenvalue weighted by atomic mass is 10.1. The molecule has 0 saturated heterocycles. The van der Waals surface area contributed by atoms with Crippen LogP contribution < -0.4 is 10.1 Å². The van der Waals surface area contributed by atoms with E-state index in [9.17, 15) is 14.9 Å². The molecule has 0 aliphatic heterocycles. The van der Waals surface area contributed by atoms with Gasteiger partial charge < -0.3 is 4.74 Å². The van der Waals surface area contributed by atoms with Crippen molar-refractivity contribution in [1.82, 2.24) is 0 Å². The maximum atomic E-state index is 11.9. The third-order valence-corrected chi connectivity index (χ3v) is 3.82. The first-order chi connectivity index (χ1) is 12.5. The fourth-order valence-corrected chi connectivity index (χ4v) is 2.40. The molecule has 0 aliphatic carbocycles. The van der Waals surface area contributed by atoms with E-state index >= 15 is 0 Å². The van der Waals surface area contributed by atoms with Crippen molar-refractivity contribution >= 4 is 29.1 Å². The fourth-order valence-electron chi connectivity index (χ4n) is 2.27. The first kappa shape index (κ1) is 17.4. The lowest BCUT2D eigenvalue weighted by molar-refractivity contribution is -0.384. The molecule has 3 rings (SSSR count). The number of halogens is 1. The van der Waals surface area contributed by atoms with Crippen LogP contribution in [0.3, 0.4) is 0 Å². The van der Waals surface area contributed by atoms with Gasteiger partial charge in [-0.3, -0.25) is 15.4 Å². The Hall–Kier alpha value is -3.38. The highest BCUT2D eigenvalue weighted by Crippen LogP contribution is 2.25. The first-order valence-corrected chi connectivity index (χ1v) is 7.98. The summed E-state index contributed by atoms with van der Waals surface area (Å²) in [6.45, 7) is 0. The standard InChI is InChI=1S/C19H13ClN2O4/c20-15-5-7-16(8-6-15)21-19(23)26-18-11-3-14(4-12-18)13-1-9-17(10-2-13)22(24)25/h1-12H,(H,21,23). The summed E-state index contributed by atoms with van der Waals surface area (Å²) in [5.74, 6) is 0.377. The van der Waals surface area contributed by atoms with Gasteiger partial charge in [0.2, 0.25) is 0 Å². The third kappa shape index (κ3) is 4.37. The summed E-state index contributed by atoms with van der Waals surface area (Å²) in [6.07, 6.45) is -0.615. The van der Waals surface area contributed by atoms with Crippen LogP contribution in [0.5, 0.6) is 5.75 Å². The van der Waals surface area contributed by atoms with Crippen LogP contribution in [0.2, 0.25) is 5.02 Å². The van der Waals surface area contributed by atoms with Crippen molar-refractivity contribution in [3.05, 3.63) is 87.9 Å². The van der Waals surface area contributed by atoms with Crippen LogP contribution in [0.1, 0.15) is 0 Å². The number of nitro groups is 1. The molecule has 6 nitrogen and oxygen atoms in total. The van der Waals surface area contributed by atoms with Gasteiger partial charge in [0.25, 0.3) is 5.69 Å². The van der Waals surface area contributed by atoms with Gasteiger partial charge >= 0.3 is 6.09 Å². The van der Waals surface area contributed by atoms with Gasteiger partial charge in [0, 0.05) is 22.8 Å². The van der Waals surface area contributed by atoms with Crippen molar-refractivity contribution in [3.8, 4) is 16.9 Å². The Balaban J connectivity index is 1.64. The molecule has 130 valence electrons. The van der Waals surface area contributed by atoms with Crippen LogP contribution >= 0.6 is 11.6 Å². The zero-order chi connectivity index (χ0) is 18.5. The van der Waals surface area contributed by atoms with Gasteiger partial charge in [-0.1, -0.05) is 23.7 Å². The zero-order valence-corrected chi connectivity index (χ0v) is 14.1. The van der Waals surface area contributed by atoms with E-state index in [0.717, 1.165) is 11.1 Å². The molecule has 0 unspecified atom stereocenters. The number of rotatable bonds is 4. The van der Waals surface area contributed by atoms with Gasteiger partial charge in [-0.2, -0.15) is 0 Å². The highest BCUT2D eigenvalue weighted by atomic mass is 35.5. The number of carbonyl (C=O) groups excluding carboxylic acids is 1. The molecule has 0 aliphatic rings. The highest BCUT2D eigenvalue weighted by molar-refractivity contribution is 6.30. The molecule has 3 aromatic rings. The summed E-state index contributed by atoms with van der Waals surface area (Å²) in [4.78, 5) is 22.1. The predicted molar refractivity (Wildman–Crippen MR) is 99.6 cm³/mol. The van der Waals surface area contributed by atoms with Gasteiger partial charge in [0.1, 0.15) is 5.75 Å². The second kappa shape index (κ2) is 7.67. The van der Waals surface area contributed by atoms with E-state index in [-0.39, 0.29) is 5.69 Å². The van der Waals surface area contributed by atoms with Crippen LogP contribution in [-0.2, 0) is 0 Å². The summed E-state index contributed by atoms with van der Waals surface area (Å²) in [5.41, 5.74) is 2.28. The predicted octanol–water partition coefficient (Wildman–Crippen LogP) is 5.53. The Morgan fingerprint density at radius 2 is 1.42 bits per heavy atom. The Bertz CT molecular complexity index is 923. The summed E-state index contributed by atoms with van der Waals surface area (Å²) >= 11 is 5.79. The van der Waals surface area contributed by atoms with Gasteiger partial charge in [-0.05, 0) is 59.7 Å². The molecule has 0 fully saturated rings. The van der Waals surface area contributed by atoms with E-state index in [4.69, 9.17) is 16.3 Å². The summed E-state index contributed by atoms with van der Waals surface area (Å²) in [5, 5.41) is 13.9. The second-order valence-corrected chi connectivity index (χ2v) is 5.79. The molecule has 0 radical (unpaired) electrons. The monoisotopic (exact) mass is 368 g/mol. The maximum absolute atomic E-state index is 11.9. The number of anilines is 1. The van der Waals surface area contributed by atoms with E-state index < -0.39 is 11.0 Å². The molecule has 0 bridgehead atoms. The number of hydrogen-bond acceptors (Lipinski definition) is 4. The smallest absolute Gasteiger partial charge is 0.410 e. The number of non-ortho nitro benzene ring substituents is 1. The minimum absolute atomic E-state index is 0.0348. The summed E-state index contributed by atoms with van der Waals surface area (Å²) in [7, 11) is 0. The average molecular weight is 369 g/mol. The van der Waals surface area contributed by atoms with Crippen LogP contribution in [-0.4, -0.2) is 11.0 Å². The molecular weight excluding hydrogens is 356 g/mol. The Labute approximate surface area is 154 Å². The first-order valence-electron chi connectivity index (χ1n) is 7.60. The van der Waals surface area contributed by atoms with Crippen molar-refractivity contribution in [1.29, 1.82) is 0 Å². The lowest BCUT2D eigenvalue weighted by Crippen LogP contribution is -2.16. The molecule has 0 atom stereocenters. The molecule has 26 heavy (non-hydrogen) atoms. The molecule has 1 amide bonds. The number of nitro benzene ring substituents is 1. The van der Waals surface area contributed by atoms with Gasteiger partial charge in [-0.15, -0.1) is 0 Å². The maximum Gasteiger partial charge on any atom is 0.417 e. The van der Waals surface area contributed by atoms with Crippen LogP contribution in [0.15, 0.2) is 72.8 Å². The average Bonchev–Trinajstić information content (AvgIpc) is 2.64. The van der Waals surface area contributed by atoms with Gasteiger partial charge in [0.15, 0.2) is 0 Å². The minimum Gasteiger partial charge on any atom is -0.410 e. The van der Waals surface area contributed by atoms with Crippen molar-refractivity contribution < 1.29 is 14.5 Å². The molecule has 3 aromatic carbocycles. The largest absolute Gasteiger partial charge is 0.417 e. The zero-order valence-electron chi connectivity index (χ0n) is 13.4. The molecule has 1 N–H and O–H groups in total. The van der Waals surface area contributed by atoms with Crippen LogP contribution in [0.4, 0.5) is 16.2 Å². The normalized spacial score (nSPS) is 10.2.